The summed E-state index contributed by atoms with van der Waals surface area (Å²) < 4.78 is 74.1. The number of hydrogen-bond acceptors (Lipinski definition) is 6. The molecule has 0 spiro atoms. The Morgan fingerprint density at radius 2 is 1.95 bits per heavy atom. The topological polar surface area (TPSA) is 91.0 Å². The fourth-order valence-corrected chi connectivity index (χ4v) is 5.65. The predicted molar refractivity (Wildman–Crippen MR) is 144 cm³/mol. The number of morpholine rings is 1. The summed E-state index contributed by atoms with van der Waals surface area (Å²) in [5.41, 5.74) is -0.667. The molecule has 41 heavy (non-hydrogen) atoms. The average molecular weight is 623 g/mol. The Labute approximate surface area is 241 Å². The Morgan fingerprint density at radius 3 is 2.54 bits per heavy atom. The molecule has 3 amide bonds. The van der Waals surface area contributed by atoms with Gasteiger partial charge in [-0.2, -0.15) is 13.2 Å². The summed E-state index contributed by atoms with van der Waals surface area (Å²) in [7, 11) is 0. The van der Waals surface area contributed by atoms with Crippen molar-refractivity contribution in [2.45, 2.75) is 37.9 Å². The quantitative estimate of drug-likeness (QED) is 0.340. The van der Waals surface area contributed by atoms with Gasteiger partial charge in [-0.15, -0.1) is 11.3 Å². The standard InChI is InChI=1S/C26H28ClF5N4O4S/c27-21-7-6-20(41-21)25(39)33-11-19(35(14-26(30,31)32)12-15-2-1-3-15)24(38)34-16-4-5-18(17(10-16)23(28)29)36-8-9-40-13-22(36)37/h4-7,10,15,19,23H,1-3,8-9,11-14H2,(H,33,39)(H,34,38)/t19-/m0/s1. The van der Waals surface area contributed by atoms with Crippen molar-refractivity contribution in [1.29, 1.82) is 0 Å². The highest BCUT2D eigenvalue weighted by atomic mass is 35.5. The molecule has 2 N–H and O–H groups in total. The van der Waals surface area contributed by atoms with Gasteiger partial charge in [-0.05, 0) is 49.1 Å². The third-order valence-corrected chi connectivity index (χ3v) is 8.13. The molecule has 224 valence electrons. The van der Waals surface area contributed by atoms with Gasteiger partial charge in [0.2, 0.25) is 5.91 Å². The van der Waals surface area contributed by atoms with Crippen LogP contribution in [0.5, 0.6) is 0 Å². The van der Waals surface area contributed by atoms with Gasteiger partial charge >= 0.3 is 6.18 Å². The average Bonchev–Trinajstić information content (AvgIpc) is 3.32. The summed E-state index contributed by atoms with van der Waals surface area (Å²) in [5, 5.41) is 4.95. The minimum absolute atomic E-state index is 0.0291. The van der Waals surface area contributed by atoms with Gasteiger partial charge in [-0.25, -0.2) is 8.78 Å². The lowest BCUT2D eigenvalue weighted by Crippen LogP contribution is -2.55. The Bertz CT molecular complexity index is 1260. The maximum absolute atomic E-state index is 14.0. The summed E-state index contributed by atoms with van der Waals surface area (Å²) in [6.45, 7) is -1.93. The van der Waals surface area contributed by atoms with Crippen LogP contribution < -0.4 is 15.5 Å². The van der Waals surface area contributed by atoms with E-state index in [1.807, 2.05) is 0 Å². The number of carbonyl (C=O) groups excluding carboxylic acids is 3. The van der Waals surface area contributed by atoms with Crippen LogP contribution in [-0.4, -0.2) is 74.2 Å². The van der Waals surface area contributed by atoms with Crippen molar-refractivity contribution in [2.24, 2.45) is 5.92 Å². The molecule has 1 aliphatic heterocycles. The lowest BCUT2D eigenvalue weighted by atomic mass is 9.84. The van der Waals surface area contributed by atoms with Crippen molar-refractivity contribution in [3.8, 4) is 0 Å². The first-order chi connectivity index (χ1) is 19.4. The monoisotopic (exact) mass is 622 g/mol. The van der Waals surface area contributed by atoms with Gasteiger partial charge in [0.1, 0.15) is 12.6 Å². The molecule has 1 saturated heterocycles. The number of ether oxygens (including phenoxy) is 1. The first-order valence-corrected chi connectivity index (χ1v) is 14.1. The normalized spacial score (nSPS) is 17.1. The van der Waals surface area contributed by atoms with Crippen molar-refractivity contribution < 1.29 is 41.1 Å². The smallest absolute Gasteiger partial charge is 0.370 e. The van der Waals surface area contributed by atoms with Gasteiger partial charge in [0.05, 0.1) is 28.1 Å². The number of rotatable bonds is 11. The van der Waals surface area contributed by atoms with E-state index >= 15 is 0 Å². The van der Waals surface area contributed by atoms with Crippen LogP contribution in [0.15, 0.2) is 30.3 Å². The van der Waals surface area contributed by atoms with E-state index in [2.05, 4.69) is 10.6 Å². The Morgan fingerprint density at radius 1 is 1.20 bits per heavy atom. The van der Waals surface area contributed by atoms with Crippen LogP contribution in [0.4, 0.5) is 33.3 Å². The zero-order valence-corrected chi connectivity index (χ0v) is 23.3. The Balaban J connectivity index is 1.58. The number of nitrogens with zero attached hydrogens (tertiary/aromatic N) is 2. The van der Waals surface area contributed by atoms with Gasteiger partial charge in [0.25, 0.3) is 18.2 Å². The highest BCUT2D eigenvalue weighted by molar-refractivity contribution is 7.18. The van der Waals surface area contributed by atoms with E-state index in [0.29, 0.717) is 17.2 Å². The van der Waals surface area contributed by atoms with Gasteiger partial charge in [0, 0.05) is 30.9 Å². The zero-order valence-electron chi connectivity index (χ0n) is 21.7. The van der Waals surface area contributed by atoms with E-state index in [9.17, 15) is 36.3 Å². The summed E-state index contributed by atoms with van der Waals surface area (Å²) in [4.78, 5) is 40.6. The number of carbonyl (C=O) groups is 3. The molecule has 2 aromatic rings. The molecular formula is C26H28ClF5N4O4S. The van der Waals surface area contributed by atoms with Gasteiger partial charge in [-0.1, -0.05) is 18.0 Å². The largest absolute Gasteiger partial charge is 0.401 e. The summed E-state index contributed by atoms with van der Waals surface area (Å²) in [6, 6.07) is 5.01. The molecule has 2 heterocycles. The van der Waals surface area contributed by atoms with Crippen LogP contribution in [0.25, 0.3) is 0 Å². The molecule has 0 unspecified atom stereocenters. The molecule has 2 aliphatic rings. The molecule has 4 rings (SSSR count). The first-order valence-electron chi connectivity index (χ1n) is 12.9. The number of benzene rings is 1. The van der Waals surface area contributed by atoms with E-state index < -0.39 is 55.0 Å². The number of anilines is 2. The van der Waals surface area contributed by atoms with Gasteiger partial charge in [0.15, 0.2) is 0 Å². The van der Waals surface area contributed by atoms with Crippen molar-refractivity contribution in [1.82, 2.24) is 10.2 Å². The molecule has 1 aromatic carbocycles. The molecule has 1 atom stereocenters. The first kappa shape index (κ1) is 31.1. The zero-order chi connectivity index (χ0) is 29.7. The number of halogens is 6. The number of thiophene rings is 1. The molecule has 0 radical (unpaired) electrons. The van der Waals surface area contributed by atoms with E-state index in [-0.39, 0.29) is 48.5 Å². The summed E-state index contributed by atoms with van der Waals surface area (Å²) in [5.74, 6) is -2.07. The molecule has 1 aromatic heterocycles. The van der Waals surface area contributed by atoms with Crippen molar-refractivity contribution in [2.75, 3.05) is 49.6 Å². The fraction of sp³-hybridized carbons (Fsp3) is 0.500. The van der Waals surface area contributed by atoms with Crippen LogP contribution in [-0.2, 0) is 14.3 Å². The number of nitrogens with one attached hydrogen (secondary N) is 2. The molecule has 1 aliphatic carbocycles. The lowest BCUT2D eigenvalue weighted by Gasteiger charge is -2.37. The maximum Gasteiger partial charge on any atom is 0.401 e. The molecule has 8 nitrogen and oxygen atoms in total. The van der Waals surface area contributed by atoms with E-state index in [0.717, 1.165) is 33.6 Å². The minimum atomic E-state index is -4.64. The van der Waals surface area contributed by atoms with Crippen LogP contribution >= 0.6 is 22.9 Å². The molecular weight excluding hydrogens is 595 g/mol. The SMILES string of the molecule is O=C(NC[C@@H](C(=O)Nc1ccc(N2CCOCC2=O)c(C(F)F)c1)N(CC1CCC1)CC(F)(F)F)c1ccc(Cl)s1. The number of alkyl halides is 5. The molecule has 2 fully saturated rings. The van der Waals surface area contributed by atoms with Gasteiger partial charge < -0.3 is 20.3 Å². The van der Waals surface area contributed by atoms with Crippen molar-refractivity contribution in [3.05, 3.63) is 45.1 Å². The molecule has 0 bridgehead atoms. The van der Waals surface area contributed by atoms with E-state index in [1.165, 1.54) is 24.3 Å². The maximum atomic E-state index is 14.0. The highest BCUT2D eigenvalue weighted by Gasteiger charge is 2.39. The van der Waals surface area contributed by atoms with Crippen LogP contribution in [0.1, 0.15) is 40.9 Å². The summed E-state index contributed by atoms with van der Waals surface area (Å²) in [6.07, 6.45) is -5.36. The Kier molecular flexibility index (Phi) is 10.2. The fourth-order valence-electron chi connectivity index (χ4n) is 4.69. The minimum Gasteiger partial charge on any atom is -0.370 e. The third kappa shape index (κ3) is 8.37. The molecule has 1 saturated carbocycles. The molecule has 15 heteroatoms. The van der Waals surface area contributed by atoms with Crippen molar-refractivity contribution in [3.63, 3.8) is 0 Å². The van der Waals surface area contributed by atoms with Crippen LogP contribution in [0, 0.1) is 5.92 Å². The van der Waals surface area contributed by atoms with E-state index in [1.54, 1.807) is 0 Å². The predicted octanol–water partition coefficient (Wildman–Crippen LogP) is 5.10. The second kappa shape index (κ2) is 13.4. The van der Waals surface area contributed by atoms with Crippen LogP contribution in [0.3, 0.4) is 0 Å². The highest BCUT2D eigenvalue weighted by Crippen LogP contribution is 2.34. The van der Waals surface area contributed by atoms with Crippen LogP contribution in [0.2, 0.25) is 4.34 Å². The summed E-state index contributed by atoms with van der Waals surface area (Å²) >= 11 is 6.84. The van der Waals surface area contributed by atoms with Crippen molar-refractivity contribution >= 4 is 52.0 Å². The second-order valence-electron chi connectivity index (χ2n) is 9.83. The number of amides is 3. The Hall–Kier alpha value is -2.81. The lowest BCUT2D eigenvalue weighted by molar-refractivity contribution is -0.155. The third-order valence-electron chi connectivity index (χ3n) is 6.90. The van der Waals surface area contributed by atoms with E-state index in [4.69, 9.17) is 16.3 Å². The van der Waals surface area contributed by atoms with Gasteiger partial charge in [-0.3, -0.25) is 19.3 Å². The second-order valence-corrected chi connectivity index (χ2v) is 11.5. The number of hydrogen-bond donors (Lipinski definition) is 2.